The fraction of sp³-hybridized carbons (Fsp3) is 0.864. The summed E-state index contributed by atoms with van der Waals surface area (Å²) >= 11 is 0. The van der Waals surface area contributed by atoms with Crippen LogP contribution in [0.3, 0.4) is 0 Å². The van der Waals surface area contributed by atoms with Crippen LogP contribution in [-0.4, -0.2) is 37.9 Å². The van der Waals surface area contributed by atoms with Gasteiger partial charge in [0, 0.05) is 19.4 Å². The van der Waals surface area contributed by atoms with Gasteiger partial charge >= 0.3 is 11.9 Å². The molecule has 0 radical (unpaired) electrons. The molecule has 0 aromatic heterocycles. The maximum absolute atomic E-state index is 12.8. The summed E-state index contributed by atoms with van der Waals surface area (Å²) in [7, 11) is 0. The van der Waals surface area contributed by atoms with Crippen molar-refractivity contribution in [3.63, 3.8) is 0 Å². The van der Waals surface area contributed by atoms with Crippen molar-refractivity contribution in [3.8, 4) is 0 Å². The fourth-order valence-electron chi connectivity index (χ4n) is 8.47. The molecule has 0 rings (SSSR count). The molecule has 0 spiro atoms. The van der Waals surface area contributed by atoms with E-state index in [1.807, 2.05) is 0 Å². The number of carbonyl (C=O) groups excluding carboxylic acids is 2. The third kappa shape index (κ3) is 52.7. The number of hydrogen-bond donors (Lipinski definition) is 0. The number of ether oxygens (including phenoxy) is 3. The summed E-state index contributed by atoms with van der Waals surface area (Å²) in [6.07, 6.45) is 67.3. The molecule has 0 fully saturated rings. The molecule has 0 heterocycles. The van der Waals surface area contributed by atoms with Crippen molar-refractivity contribution >= 4 is 11.9 Å². The Hall–Kier alpha value is -1.88. The van der Waals surface area contributed by atoms with Gasteiger partial charge in [-0.2, -0.15) is 0 Å². The highest BCUT2D eigenvalue weighted by Gasteiger charge is 2.17. The highest BCUT2D eigenvalue weighted by atomic mass is 16.6. The Morgan fingerprint density at radius 1 is 0.359 bits per heavy atom. The van der Waals surface area contributed by atoms with E-state index in [4.69, 9.17) is 14.2 Å². The number of allylic oxidation sites excluding steroid dienone is 6. The Morgan fingerprint density at radius 2 is 0.703 bits per heavy atom. The average molecular weight is 900 g/mol. The minimum atomic E-state index is -0.537. The van der Waals surface area contributed by atoms with Gasteiger partial charge in [0.25, 0.3) is 0 Å². The van der Waals surface area contributed by atoms with Crippen molar-refractivity contribution in [1.29, 1.82) is 0 Å². The summed E-state index contributed by atoms with van der Waals surface area (Å²) in [6, 6.07) is 0. The highest BCUT2D eigenvalue weighted by molar-refractivity contribution is 5.70. The van der Waals surface area contributed by atoms with E-state index >= 15 is 0 Å². The Kier molecular flexibility index (Phi) is 53.8. The van der Waals surface area contributed by atoms with E-state index in [1.165, 1.54) is 205 Å². The largest absolute Gasteiger partial charge is 0.462 e. The minimum absolute atomic E-state index is 0.0867. The van der Waals surface area contributed by atoms with Gasteiger partial charge in [0.15, 0.2) is 6.10 Å². The quantitative estimate of drug-likeness (QED) is 0.0346. The normalized spacial score (nSPS) is 12.4. The van der Waals surface area contributed by atoms with Crippen LogP contribution < -0.4 is 0 Å². The molecule has 5 heteroatoms. The van der Waals surface area contributed by atoms with E-state index in [-0.39, 0.29) is 25.2 Å². The molecule has 1 unspecified atom stereocenters. The summed E-state index contributed by atoms with van der Waals surface area (Å²) in [5, 5.41) is 0. The van der Waals surface area contributed by atoms with Gasteiger partial charge in [0.05, 0.1) is 6.61 Å². The first-order chi connectivity index (χ1) is 31.6. The standard InChI is InChI=1S/C59H110O5/c1-4-7-10-13-16-19-22-25-28-30-32-34-37-40-43-46-49-52-58(60)63-56-57(55-62-54-51-48-45-42-39-36-33-29-26-23-20-17-14-11-8-5-2)64-59(61)53-50-47-44-41-38-35-31-27-24-21-18-15-12-9-6-3/h8,11,17,20,26,29,57H,4-7,9-10,12-16,18-19,21-25,27-28,30-56H2,1-3H3/b11-8-,20-17-,29-26-. The number of esters is 2. The van der Waals surface area contributed by atoms with E-state index in [0.717, 1.165) is 64.2 Å². The first-order valence-corrected chi connectivity index (χ1v) is 28.5. The molecule has 0 aromatic carbocycles. The zero-order valence-corrected chi connectivity index (χ0v) is 43.3. The van der Waals surface area contributed by atoms with Crippen LogP contribution >= 0.6 is 0 Å². The topological polar surface area (TPSA) is 61.8 Å². The second-order valence-electron chi connectivity index (χ2n) is 19.2. The van der Waals surface area contributed by atoms with Crippen molar-refractivity contribution in [2.24, 2.45) is 0 Å². The maximum atomic E-state index is 12.8. The molecule has 0 saturated carbocycles. The number of carbonyl (C=O) groups is 2. The highest BCUT2D eigenvalue weighted by Crippen LogP contribution is 2.17. The summed E-state index contributed by atoms with van der Waals surface area (Å²) in [6.45, 7) is 7.76. The van der Waals surface area contributed by atoms with E-state index in [0.29, 0.717) is 19.4 Å². The lowest BCUT2D eigenvalue weighted by Crippen LogP contribution is -2.30. The van der Waals surface area contributed by atoms with E-state index in [2.05, 4.69) is 57.2 Å². The summed E-state index contributed by atoms with van der Waals surface area (Å²) < 4.78 is 17.5. The predicted molar refractivity (Wildman–Crippen MR) is 279 cm³/mol. The van der Waals surface area contributed by atoms with Gasteiger partial charge in [-0.15, -0.1) is 0 Å². The van der Waals surface area contributed by atoms with Gasteiger partial charge in [0.1, 0.15) is 6.61 Å². The maximum Gasteiger partial charge on any atom is 0.306 e. The molecular weight excluding hydrogens is 789 g/mol. The first-order valence-electron chi connectivity index (χ1n) is 28.5. The predicted octanol–water partition coefficient (Wildman–Crippen LogP) is 19.4. The van der Waals surface area contributed by atoms with Crippen LogP contribution in [0, 0.1) is 0 Å². The van der Waals surface area contributed by atoms with Crippen LogP contribution in [0.1, 0.15) is 303 Å². The van der Waals surface area contributed by atoms with Crippen LogP contribution in [0.2, 0.25) is 0 Å². The molecular formula is C59H110O5. The van der Waals surface area contributed by atoms with E-state index in [1.54, 1.807) is 0 Å². The van der Waals surface area contributed by atoms with Gasteiger partial charge in [-0.1, -0.05) is 276 Å². The minimum Gasteiger partial charge on any atom is -0.462 e. The van der Waals surface area contributed by atoms with Crippen molar-refractivity contribution in [3.05, 3.63) is 36.5 Å². The Balaban J connectivity index is 4.23. The van der Waals surface area contributed by atoms with Gasteiger partial charge in [0.2, 0.25) is 0 Å². The van der Waals surface area contributed by atoms with Crippen molar-refractivity contribution in [2.45, 2.75) is 309 Å². The summed E-state index contributed by atoms with van der Waals surface area (Å²) in [4.78, 5) is 25.5. The second-order valence-corrected chi connectivity index (χ2v) is 19.2. The van der Waals surface area contributed by atoms with Gasteiger partial charge < -0.3 is 14.2 Å². The molecule has 0 amide bonds. The first kappa shape index (κ1) is 62.1. The SMILES string of the molecule is CC/C=C\C/C=C\C/C=C\CCCCCCCCOCC(COC(=O)CCCCCCCCCCCCCCCCCCC)OC(=O)CCCCCCCCCCCCCCCCC. The molecule has 0 saturated heterocycles. The van der Waals surface area contributed by atoms with Crippen molar-refractivity contribution < 1.29 is 23.8 Å². The number of hydrogen-bond acceptors (Lipinski definition) is 5. The van der Waals surface area contributed by atoms with Crippen molar-refractivity contribution in [1.82, 2.24) is 0 Å². The summed E-state index contributed by atoms with van der Waals surface area (Å²) in [5.41, 5.74) is 0. The van der Waals surface area contributed by atoms with E-state index in [9.17, 15) is 9.59 Å². The lowest BCUT2D eigenvalue weighted by atomic mass is 10.0. The fourth-order valence-corrected chi connectivity index (χ4v) is 8.47. The molecule has 5 nitrogen and oxygen atoms in total. The lowest BCUT2D eigenvalue weighted by molar-refractivity contribution is -0.163. The molecule has 0 N–H and O–H groups in total. The molecule has 376 valence electrons. The molecule has 0 aromatic rings. The van der Waals surface area contributed by atoms with E-state index < -0.39 is 6.10 Å². The van der Waals surface area contributed by atoms with Crippen LogP contribution in [0.15, 0.2) is 36.5 Å². The zero-order chi connectivity index (χ0) is 46.3. The van der Waals surface area contributed by atoms with Crippen LogP contribution in [-0.2, 0) is 23.8 Å². The lowest BCUT2D eigenvalue weighted by Gasteiger charge is -2.18. The van der Waals surface area contributed by atoms with Crippen LogP contribution in [0.25, 0.3) is 0 Å². The van der Waals surface area contributed by atoms with Crippen LogP contribution in [0.5, 0.6) is 0 Å². The molecule has 64 heavy (non-hydrogen) atoms. The Labute approximate surface area is 400 Å². The number of rotatable bonds is 53. The van der Waals surface area contributed by atoms with Crippen LogP contribution in [0.4, 0.5) is 0 Å². The van der Waals surface area contributed by atoms with Crippen molar-refractivity contribution in [2.75, 3.05) is 19.8 Å². The molecule has 1 atom stereocenters. The monoisotopic (exact) mass is 899 g/mol. The van der Waals surface area contributed by atoms with Gasteiger partial charge in [-0.25, -0.2) is 0 Å². The average Bonchev–Trinajstić information content (AvgIpc) is 3.30. The zero-order valence-electron chi connectivity index (χ0n) is 43.3. The molecule has 0 aliphatic heterocycles. The van der Waals surface area contributed by atoms with Gasteiger partial charge in [-0.05, 0) is 51.4 Å². The molecule has 0 aliphatic carbocycles. The molecule has 0 bridgehead atoms. The molecule has 0 aliphatic rings. The third-order valence-electron chi connectivity index (χ3n) is 12.7. The Morgan fingerprint density at radius 3 is 1.12 bits per heavy atom. The van der Waals surface area contributed by atoms with Gasteiger partial charge in [-0.3, -0.25) is 9.59 Å². The smallest absolute Gasteiger partial charge is 0.306 e. The second kappa shape index (κ2) is 55.4. The Bertz CT molecular complexity index is 1020. The number of unbranched alkanes of at least 4 members (excludes halogenated alkanes) is 36. The third-order valence-corrected chi connectivity index (χ3v) is 12.7. The summed E-state index contributed by atoms with van der Waals surface area (Å²) in [5.74, 6) is -0.383.